The molecule has 7 heteroatoms. The number of quaternary nitrogens is 1. The zero-order valence-corrected chi connectivity index (χ0v) is 23.0. The Balaban J connectivity index is 5.28. The molecule has 0 heterocycles. The van der Waals surface area contributed by atoms with Crippen molar-refractivity contribution in [3.8, 4) is 0 Å². The average Bonchev–Trinajstić information content (AvgIpc) is 2.82. The maximum absolute atomic E-state index is 11.9. The number of carbonyl (C=O) groups is 3. The third kappa shape index (κ3) is 14.5. The molecule has 0 aliphatic rings. The van der Waals surface area contributed by atoms with Gasteiger partial charge in [-0.25, -0.2) is 0 Å². The Kier molecular flexibility index (Phi) is 18.6. The van der Waals surface area contributed by atoms with Crippen LogP contribution in [0.3, 0.4) is 0 Å². The number of hydrogen-bond acceptors (Lipinski definition) is 3. The first-order chi connectivity index (χ1) is 16.7. The van der Waals surface area contributed by atoms with Crippen molar-refractivity contribution in [2.24, 2.45) is 17.8 Å². The second-order valence-corrected chi connectivity index (χ2v) is 10.5. The molecule has 0 spiro atoms. The molecule has 7 nitrogen and oxygen atoms in total. The van der Waals surface area contributed by atoms with Gasteiger partial charge in [0.2, 0.25) is 0 Å². The summed E-state index contributed by atoms with van der Waals surface area (Å²) in [4.78, 5) is 35.7. The number of unbranched alkanes of at least 4 members (excludes halogenated alkanes) is 10. The van der Waals surface area contributed by atoms with Gasteiger partial charge in [-0.3, -0.25) is 14.4 Å². The van der Waals surface area contributed by atoms with Crippen molar-refractivity contribution in [1.82, 2.24) is 0 Å². The molecule has 0 bridgehead atoms. The van der Waals surface area contributed by atoms with E-state index in [-0.39, 0.29) is 24.1 Å². The molecule has 3 unspecified atom stereocenters. The van der Waals surface area contributed by atoms with E-state index in [1.165, 1.54) is 51.4 Å². The predicted molar refractivity (Wildman–Crippen MR) is 140 cm³/mol. The Labute approximate surface area is 213 Å². The van der Waals surface area contributed by atoms with Crippen molar-refractivity contribution < 1.29 is 34.2 Å². The van der Waals surface area contributed by atoms with Gasteiger partial charge in [-0.05, 0) is 32.1 Å². The summed E-state index contributed by atoms with van der Waals surface area (Å²) in [6, 6.07) is 0. The molecule has 0 fully saturated rings. The van der Waals surface area contributed by atoms with Crippen molar-refractivity contribution in [3.63, 3.8) is 0 Å². The summed E-state index contributed by atoms with van der Waals surface area (Å²) < 4.78 is 0.262. The number of carboxylic acids is 3. The number of hydrogen-bond donors (Lipinski definition) is 3. The lowest BCUT2D eigenvalue weighted by molar-refractivity contribution is -0.935. The van der Waals surface area contributed by atoms with Crippen LogP contribution >= 0.6 is 0 Å². The summed E-state index contributed by atoms with van der Waals surface area (Å²) in [5.74, 6) is -4.50. The third-order valence-corrected chi connectivity index (χ3v) is 7.59. The topological polar surface area (TPSA) is 112 Å². The van der Waals surface area contributed by atoms with Crippen LogP contribution in [0.2, 0.25) is 0 Å². The fourth-order valence-electron chi connectivity index (χ4n) is 5.16. The van der Waals surface area contributed by atoms with E-state index in [1.807, 2.05) is 20.8 Å². The molecule has 0 saturated carbocycles. The minimum atomic E-state index is -0.888. The fourth-order valence-corrected chi connectivity index (χ4v) is 5.16. The van der Waals surface area contributed by atoms with Crippen LogP contribution in [0.25, 0.3) is 0 Å². The van der Waals surface area contributed by atoms with E-state index in [1.54, 1.807) is 0 Å². The van der Waals surface area contributed by atoms with Crippen LogP contribution < -0.4 is 0 Å². The molecule has 0 aliphatic carbocycles. The van der Waals surface area contributed by atoms with E-state index in [2.05, 4.69) is 6.92 Å². The van der Waals surface area contributed by atoms with Gasteiger partial charge in [-0.1, -0.05) is 85.5 Å². The van der Waals surface area contributed by atoms with Gasteiger partial charge in [0.15, 0.2) is 0 Å². The summed E-state index contributed by atoms with van der Waals surface area (Å²) in [6.07, 6.45) is 14.5. The Morgan fingerprint density at radius 2 is 0.800 bits per heavy atom. The summed E-state index contributed by atoms with van der Waals surface area (Å²) in [5.41, 5.74) is 0. The lowest BCUT2D eigenvalue weighted by atomic mass is 9.95. The van der Waals surface area contributed by atoms with Crippen molar-refractivity contribution in [3.05, 3.63) is 0 Å². The maximum Gasteiger partial charge on any atom is 0.312 e. The molecule has 0 saturated heterocycles. The Bertz CT molecular complexity index is 534. The highest BCUT2D eigenvalue weighted by atomic mass is 16.4. The molecule has 35 heavy (non-hydrogen) atoms. The normalized spacial score (nSPS) is 15.8. The molecule has 0 aromatic carbocycles. The van der Waals surface area contributed by atoms with E-state index in [0.717, 1.165) is 19.3 Å². The van der Waals surface area contributed by atoms with Crippen LogP contribution in [0.4, 0.5) is 0 Å². The van der Waals surface area contributed by atoms with Gasteiger partial charge in [0, 0.05) is 0 Å². The standard InChI is InChI=1S/C28H53NO6/c1-5-9-10-11-12-13-14-15-16-17-18-19-29(20-23(6-2)26(30)31,21-24(7-3)27(32)33)22-25(8-4)28(34)35/h23-25H,5-22H2,1-4H3,(H2-,30,31,32,33,34,35)/p+1. The molecule has 0 aromatic rings. The Morgan fingerprint density at radius 3 is 1.06 bits per heavy atom. The lowest BCUT2D eigenvalue weighted by Crippen LogP contribution is -2.58. The molecule has 0 rings (SSSR count). The lowest BCUT2D eigenvalue weighted by Gasteiger charge is -2.43. The SMILES string of the molecule is CCCCCCCCCCCCC[N+](CC(CC)C(=O)O)(CC(CC)C(=O)O)CC(CC)C(=O)O. The molecule has 0 amide bonds. The first kappa shape index (κ1) is 33.4. The maximum atomic E-state index is 11.9. The van der Waals surface area contributed by atoms with Gasteiger partial charge in [0.25, 0.3) is 0 Å². The van der Waals surface area contributed by atoms with E-state index < -0.39 is 35.7 Å². The number of nitrogens with zero attached hydrogens (tertiary/aromatic N) is 1. The van der Waals surface area contributed by atoms with E-state index in [0.29, 0.717) is 25.8 Å². The zero-order valence-electron chi connectivity index (χ0n) is 23.0. The van der Waals surface area contributed by atoms with Gasteiger partial charge in [-0.2, -0.15) is 0 Å². The van der Waals surface area contributed by atoms with Crippen LogP contribution in [0.1, 0.15) is 118 Å². The predicted octanol–water partition coefficient (Wildman–Crippen LogP) is 6.45. The smallest absolute Gasteiger partial charge is 0.312 e. The first-order valence-corrected chi connectivity index (χ1v) is 14.2. The molecule has 0 radical (unpaired) electrons. The minimum Gasteiger partial charge on any atom is -0.481 e. The molecule has 3 atom stereocenters. The second-order valence-electron chi connectivity index (χ2n) is 10.5. The van der Waals surface area contributed by atoms with Crippen LogP contribution in [-0.2, 0) is 14.4 Å². The van der Waals surface area contributed by atoms with Crippen LogP contribution in [0.5, 0.6) is 0 Å². The second kappa shape index (κ2) is 19.5. The van der Waals surface area contributed by atoms with Crippen molar-refractivity contribution in [2.45, 2.75) is 118 Å². The highest BCUT2D eigenvalue weighted by molar-refractivity contribution is 5.71. The quantitative estimate of drug-likeness (QED) is 0.104. The fraction of sp³-hybridized carbons (Fsp3) is 0.893. The van der Waals surface area contributed by atoms with E-state index in [4.69, 9.17) is 0 Å². The first-order valence-electron chi connectivity index (χ1n) is 14.2. The molecular weight excluding hydrogens is 446 g/mol. The Hall–Kier alpha value is -1.63. The molecular formula is C28H54NO6+. The monoisotopic (exact) mass is 500 g/mol. The van der Waals surface area contributed by atoms with Gasteiger partial charge in [-0.15, -0.1) is 0 Å². The average molecular weight is 501 g/mol. The van der Waals surface area contributed by atoms with E-state index in [9.17, 15) is 29.7 Å². The van der Waals surface area contributed by atoms with Crippen LogP contribution in [-0.4, -0.2) is 63.9 Å². The Morgan fingerprint density at radius 1 is 0.514 bits per heavy atom. The zero-order chi connectivity index (χ0) is 26.7. The molecule has 0 aliphatic heterocycles. The third-order valence-electron chi connectivity index (χ3n) is 7.59. The minimum absolute atomic E-state index is 0.262. The summed E-state index contributed by atoms with van der Waals surface area (Å²) >= 11 is 0. The van der Waals surface area contributed by atoms with Gasteiger partial charge >= 0.3 is 17.9 Å². The van der Waals surface area contributed by atoms with E-state index >= 15 is 0 Å². The number of carboxylic acid groups (broad SMARTS) is 3. The highest BCUT2D eigenvalue weighted by Crippen LogP contribution is 2.25. The summed E-state index contributed by atoms with van der Waals surface area (Å²) in [5, 5.41) is 29.3. The van der Waals surface area contributed by atoms with Gasteiger partial charge in [0.05, 0.1) is 26.2 Å². The van der Waals surface area contributed by atoms with Gasteiger partial charge < -0.3 is 19.8 Å². The number of rotatable bonds is 24. The summed E-state index contributed by atoms with van der Waals surface area (Å²) in [7, 11) is 0. The van der Waals surface area contributed by atoms with Crippen LogP contribution in [0.15, 0.2) is 0 Å². The molecule has 206 valence electrons. The van der Waals surface area contributed by atoms with Gasteiger partial charge in [0.1, 0.15) is 17.8 Å². The highest BCUT2D eigenvalue weighted by Gasteiger charge is 2.40. The largest absolute Gasteiger partial charge is 0.481 e. The van der Waals surface area contributed by atoms with Crippen molar-refractivity contribution in [1.29, 1.82) is 0 Å². The van der Waals surface area contributed by atoms with Crippen molar-refractivity contribution in [2.75, 3.05) is 26.2 Å². The number of aliphatic carboxylic acids is 3. The molecule has 3 N–H and O–H groups in total. The van der Waals surface area contributed by atoms with Crippen LogP contribution in [0, 0.1) is 17.8 Å². The van der Waals surface area contributed by atoms with Crippen molar-refractivity contribution >= 4 is 17.9 Å². The molecule has 0 aromatic heterocycles. The summed E-state index contributed by atoms with van der Waals surface area (Å²) in [6.45, 7) is 9.22.